The van der Waals surface area contributed by atoms with Crippen LogP contribution in [0, 0.1) is 34.0 Å². The Balaban J connectivity index is 1.43. The van der Waals surface area contributed by atoms with Crippen LogP contribution in [-0.2, 0) is 33.3 Å². The summed E-state index contributed by atoms with van der Waals surface area (Å²) in [6, 6.07) is 1.86. The Labute approximate surface area is 216 Å². The summed E-state index contributed by atoms with van der Waals surface area (Å²) in [5.74, 6) is -0.266. The third kappa shape index (κ3) is 2.60. The zero-order valence-electron chi connectivity index (χ0n) is 22.2. The van der Waals surface area contributed by atoms with Gasteiger partial charge in [-0.05, 0) is 63.9 Å². The fourth-order valence-corrected chi connectivity index (χ4v) is 10.4. The predicted molar refractivity (Wildman–Crippen MR) is 128 cm³/mol. The summed E-state index contributed by atoms with van der Waals surface area (Å²) in [6.07, 6.45) is 4.86. The predicted octanol–water partition coefficient (Wildman–Crippen LogP) is 4.16. The van der Waals surface area contributed by atoms with Gasteiger partial charge in [0, 0.05) is 28.2 Å². The molecule has 200 valence electrons. The van der Waals surface area contributed by atoms with Crippen LogP contribution in [0.25, 0.3) is 0 Å². The van der Waals surface area contributed by atoms with Gasteiger partial charge >= 0.3 is 11.9 Å². The van der Waals surface area contributed by atoms with E-state index < -0.39 is 39.7 Å². The minimum absolute atomic E-state index is 0.00889. The highest BCUT2D eigenvalue weighted by atomic mass is 16.7. The van der Waals surface area contributed by atoms with Crippen molar-refractivity contribution in [3.63, 3.8) is 0 Å². The van der Waals surface area contributed by atoms with Crippen LogP contribution < -0.4 is 0 Å². The maximum absolute atomic E-state index is 13.4. The van der Waals surface area contributed by atoms with Gasteiger partial charge in [0.15, 0.2) is 6.10 Å². The fourth-order valence-electron chi connectivity index (χ4n) is 10.4. The van der Waals surface area contributed by atoms with Crippen molar-refractivity contribution in [2.75, 3.05) is 6.61 Å². The molecule has 1 aromatic heterocycles. The van der Waals surface area contributed by atoms with Crippen LogP contribution in [-0.4, -0.2) is 47.7 Å². The van der Waals surface area contributed by atoms with Gasteiger partial charge in [-0.2, -0.15) is 0 Å². The molecule has 0 radical (unpaired) electrons. The SMILES string of the molecule is CC(=O)C[C@@H]1C[C@@H]2C(C)(C)O[C@H]3CC(=O)OC[C@]32[C@H]2CC[C@@]3(C)[C@H](c4ccoc4)OC(=O)[C@H]4O[C@]43[C@]12C. The zero-order valence-corrected chi connectivity index (χ0v) is 22.2. The van der Waals surface area contributed by atoms with E-state index in [1.54, 1.807) is 19.5 Å². The lowest BCUT2D eigenvalue weighted by molar-refractivity contribution is -0.249. The lowest BCUT2D eigenvalue weighted by Crippen LogP contribution is -2.72. The molecule has 1 aromatic rings. The highest BCUT2D eigenvalue weighted by molar-refractivity contribution is 5.83. The summed E-state index contributed by atoms with van der Waals surface area (Å²) < 4.78 is 30.6. The number of ether oxygens (including phenoxy) is 4. The number of ketones is 1. The van der Waals surface area contributed by atoms with Gasteiger partial charge in [0.1, 0.15) is 24.1 Å². The number of rotatable bonds is 3. The van der Waals surface area contributed by atoms with E-state index in [4.69, 9.17) is 23.4 Å². The Morgan fingerprint density at radius 1 is 1.08 bits per heavy atom. The van der Waals surface area contributed by atoms with Crippen molar-refractivity contribution in [2.24, 2.45) is 34.0 Å². The van der Waals surface area contributed by atoms with Crippen LogP contribution in [0.2, 0.25) is 0 Å². The summed E-state index contributed by atoms with van der Waals surface area (Å²) in [5, 5.41) is 0. The second-order valence-electron chi connectivity index (χ2n) is 13.5. The van der Waals surface area contributed by atoms with Crippen molar-refractivity contribution in [3.8, 4) is 0 Å². The summed E-state index contributed by atoms with van der Waals surface area (Å²) in [6.45, 7) is 10.6. The quantitative estimate of drug-likeness (QED) is 0.439. The Kier molecular flexibility index (Phi) is 4.56. The van der Waals surface area contributed by atoms with E-state index in [2.05, 4.69) is 27.7 Å². The highest BCUT2D eigenvalue weighted by Gasteiger charge is 2.89. The molecule has 8 nitrogen and oxygen atoms in total. The van der Waals surface area contributed by atoms with Gasteiger partial charge < -0.3 is 28.2 Å². The van der Waals surface area contributed by atoms with Gasteiger partial charge in [0.2, 0.25) is 0 Å². The van der Waals surface area contributed by atoms with Crippen LogP contribution in [0.3, 0.4) is 0 Å². The number of hydrogen-bond acceptors (Lipinski definition) is 8. The third-order valence-corrected chi connectivity index (χ3v) is 11.7. The molecule has 8 heteroatoms. The normalized spacial score (nSPS) is 50.9. The number of carbonyl (C=O) groups excluding carboxylic acids is 3. The van der Waals surface area contributed by atoms with Crippen LogP contribution in [0.15, 0.2) is 23.0 Å². The van der Waals surface area contributed by atoms with Crippen molar-refractivity contribution in [1.29, 1.82) is 0 Å². The second kappa shape index (κ2) is 7.06. The molecule has 37 heavy (non-hydrogen) atoms. The molecule has 0 N–H and O–H groups in total. The summed E-state index contributed by atoms with van der Waals surface area (Å²) >= 11 is 0. The molecule has 0 unspecified atom stereocenters. The molecule has 4 aliphatic heterocycles. The first-order chi connectivity index (χ1) is 17.4. The van der Waals surface area contributed by atoms with Gasteiger partial charge in [-0.15, -0.1) is 0 Å². The van der Waals surface area contributed by atoms with E-state index >= 15 is 0 Å². The molecule has 2 spiro atoms. The second-order valence-corrected chi connectivity index (χ2v) is 13.5. The maximum Gasteiger partial charge on any atom is 0.339 e. The summed E-state index contributed by atoms with van der Waals surface area (Å²) in [7, 11) is 0. The van der Waals surface area contributed by atoms with Gasteiger partial charge in [-0.1, -0.05) is 13.8 Å². The van der Waals surface area contributed by atoms with Crippen LogP contribution in [0.4, 0.5) is 0 Å². The summed E-state index contributed by atoms with van der Waals surface area (Å²) in [5.41, 5.74) is -1.84. The highest BCUT2D eigenvalue weighted by Crippen LogP contribution is 2.81. The van der Waals surface area contributed by atoms with Gasteiger partial charge in [-0.25, -0.2) is 4.79 Å². The Morgan fingerprint density at radius 2 is 1.86 bits per heavy atom. The van der Waals surface area contributed by atoms with Gasteiger partial charge in [0.25, 0.3) is 0 Å². The number of hydrogen-bond donors (Lipinski definition) is 0. The molecule has 2 saturated carbocycles. The zero-order chi connectivity index (χ0) is 26.2. The Morgan fingerprint density at radius 3 is 2.57 bits per heavy atom. The first-order valence-corrected chi connectivity index (χ1v) is 13.6. The first kappa shape index (κ1) is 23.9. The molecule has 10 atom stereocenters. The number of esters is 2. The Hall–Kier alpha value is -2.19. The van der Waals surface area contributed by atoms with E-state index in [1.165, 1.54) is 0 Å². The number of furan rings is 1. The molecular formula is C29H36O8. The van der Waals surface area contributed by atoms with Crippen molar-refractivity contribution >= 4 is 17.7 Å². The van der Waals surface area contributed by atoms with Crippen molar-refractivity contribution in [1.82, 2.24) is 0 Å². The third-order valence-electron chi connectivity index (χ3n) is 11.7. The fraction of sp³-hybridized carbons (Fsp3) is 0.759. The van der Waals surface area contributed by atoms with E-state index in [0.29, 0.717) is 13.0 Å². The van der Waals surface area contributed by atoms with Gasteiger partial charge in [-0.3, -0.25) is 4.79 Å². The number of carbonyl (C=O) groups is 3. The Bertz CT molecular complexity index is 1190. The smallest absolute Gasteiger partial charge is 0.339 e. The molecule has 0 bridgehead atoms. The average Bonchev–Trinajstić information content (AvgIpc) is 3.30. The molecular weight excluding hydrogens is 476 g/mol. The molecule has 2 aliphatic carbocycles. The summed E-state index contributed by atoms with van der Waals surface area (Å²) in [4.78, 5) is 38.6. The van der Waals surface area contributed by atoms with Crippen LogP contribution in [0.5, 0.6) is 0 Å². The lowest BCUT2D eigenvalue weighted by Gasteiger charge is -2.68. The van der Waals surface area contributed by atoms with E-state index in [-0.39, 0.29) is 48.0 Å². The van der Waals surface area contributed by atoms with Crippen molar-refractivity contribution in [3.05, 3.63) is 24.2 Å². The molecule has 6 fully saturated rings. The molecule has 5 heterocycles. The molecule has 7 rings (SSSR count). The minimum atomic E-state index is -0.793. The molecule has 0 amide bonds. The van der Waals surface area contributed by atoms with Crippen molar-refractivity contribution < 1.29 is 37.7 Å². The largest absolute Gasteiger partial charge is 0.472 e. The molecule has 4 saturated heterocycles. The maximum atomic E-state index is 13.4. The number of epoxide rings is 1. The molecule has 6 aliphatic rings. The standard InChI is InChI=1S/C29H36O8/c1-15(30)10-17-11-19-25(2,3)36-20-12-21(31)34-14-28(19,20)18-6-8-26(4)22(16-7-9-33-13-16)35-24(32)23-29(26,37-23)27(17,18)5/h7,9,13,17-20,22-23H,6,8,10-12,14H2,1-5H3/t17-,18+,19-,20+,22+,23-,26+,27-,28-,29-/m1/s1. The monoisotopic (exact) mass is 512 g/mol. The van der Waals surface area contributed by atoms with Crippen LogP contribution in [0.1, 0.15) is 78.4 Å². The number of fused-ring (bicyclic) bond motifs is 1. The van der Waals surface area contributed by atoms with E-state index in [9.17, 15) is 14.4 Å². The van der Waals surface area contributed by atoms with Crippen LogP contribution >= 0.6 is 0 Å². The minimum Gasteiger partial charge on any atom is -0.472 e. The molecule has 0 aromatic carbocycles. The van der Waals surface area contributed by atoms with E-state index in [1.807, 2.05) is 6.07 Å². The lowest BCUT2D eigenvalue weighted by atomic mass is 9.34. The topological polar surface area (TPSA) is 105 Å². The number of Topliss-reactive ketones (excluding diaryl/α,β-unsaturated/α-hetero) is 1. The first-order valence-electron chi connectivity index (χ1n) is 13.6. The van der Waals surface area contributed by atoms with Gasteiger partial charge in [0.05, 0.1) is 30.7 Å². The number of cyclic esters (lactones) is 2. The average molecular weight is 513 g/mol. The van der Waals surface area contributed by atoms with E-state index in [0.717, 1.165) is 24.8 Å². The van der Waals surface area contributed by atoms with Crippen molar-refractivity contribution in [2.45, 2.75) is 96.2 Å².